The summed E-state index contributed by atoms with van der Waals surface area (Å²) >= 11 is 1.41. The van der Waals surface area contributed by atoms with Gasteiger partial charge in [0.1, 0.15) is 18.0 Å². The number of aromatic nitrogens is 4. The third-order valence-electron chi connectivity index (χ3n) is 9.56. The first-order valence-corrected chi connectivity index (χ1v) is 15.5. The van der Waals surface area contributed by atoms with Crippen LogP contribution in [0.1, 0.15) is 83.9 Å². The highest BCUT2D eigenvalue weighted by molar-refractivity contribution is 7.98. The number of carbonyl (C=O) groups excluding carboxylic acids is 1. The van der Waals surface area contributed by atoms with Crippen LogP contribution in [0.2, 0.25) is 0 Å². The lowest BCUT2D eigenvalue weighted by molar-refractivity contribution is -0.138. The molecule has 0 radical (unpaired) electrons. The van der Waals surface area contributed by atoms with Crippen LogP contribution in [0.3, 0.4) is 0 Å². The van der Waals surface area contributed by atoms with Gasteiger partial charge in [0.25, 0.3) is 5.91 Å². The Morgan fingerprint density at radius 3 is 2.40 bits per heavy atom. The number of anilines is 1. The molecule has 228 valence electrons. The Hall–Kier alpha value is -3.61. The number of aryl methyl sites for hydroxylation is 1. The van der Waals surface area contributed by atoms with Gasteiger partial charge < -0.3 is 9.67 Å². The van der Waals surface area contributed by atoms with Crippen molar-refractivity contribution in [2.75, 3.05) is 11.2 Å². The number of fused-ring (bicyclic) bond motifs is 1. The van der Waals surface area contributed by atoms with Crippen molar-refractivity contribution in [2.24, 2.45) is 7.05 Å². The van der Waals surface area contributed by atoms with Crippen molar-refractivity contribution in [3.63, 3.8) is 0 Å². The smallest absolute Gasteiger partial charge is 0.416 e. The average molecular weight is 615 g/mol. The molecule has 0 atom stereocenters. The third-order valence-corrected chi connectivity index (χ3v) is 10.2. The van der Waals surface area contributed by atoms with Gasteiger partial charge in [-0.15, -0.1) is 22.0 Å². The van der Waals surface area contributed by atoms with Gasteiger partial charge in [-0.25, -0.2) is 9.78 Å². The fourth-order valence-corrected chi connectivity index (χ4v) is 7.04. The van der Waals surface area contributed by atoms with Crippen molar-refractivity contribution in [1.29, 1.82) is 0 Å². The minimum atomic E-state index is -4.73. The van der Waals surface area contributed by atoms with Gasteiger partial charge in [-0.3, -0.25) is 14.6 Å². The number of nitrogens with zero attached hydrogens (tertiary/aromatic N) is 6. The van der Waals surface area contributed by atoms with Crippen LogP contribution in [0.15, 0.2) is 35.6 Å². The summed E-state index contributed by atoms with van der Waals surface area (Å²) in [6, 6.07) is 6.25. The molecule has 2 aliphatic carbocycles. The van der Waals surface area contributed by atoms with Crippen LogP contribution in [0.4, 0.5) is 23.8 Å². The molecule has 2 saturated carbocycles. The first kappa shape index (κ1) is 29.5. The topological polar surface area (TPSA) is 104 Å². The Morgan fingerprint density at radius 1 is 1.14 bits per heavy atom. The molecule has 13 heteroatoms. The Kier molecular flexibility index (Phi) is 7.22. The summed E-state index contributed by atoms with van der Waals surface area (Å²) in [7, 11) is 1.89. The van der Waals surface area contributed by atoms with E-state index in [-0.39, 0.29) is 35.2 Å². The van der Waals surface area contributed by atoms with E-state index >= 15 is 0 Å². The van der Waals surface area contributed by atoms with Crippen LogP contribution in [0, 0.1) is 0 Å². The Bertz CT molecular complexity index is 1600. The van der Waals surface area contributed by atoms with Crippen molar-refractivity contribution < 1.29 is 27.9 Å². The van der Waals surface area contributed by atoms with E-state index in [0.717, 1.165) is 43.1 Å². The van der Waals surface area contributed by atoms with Gasteiger partial charge in [-0.2, -0.15) is 13.2 Å². The van der Waals surface area contributed by atoms with E-state index in [0.29, 0.717) is 30.1 Å². The van der Waals surface area contributed by atoms with Crippen molar-refractivity contribution in [3.05, 3.63) is 64.2 Å². The number of hydrogen-bond acceptors (Lipinski definition) is 6. The molecule has 6 rings (SSSR count). The molecule has 1 N–H and O–H groups in total. The van der Waals surface area contributed by atoms with Crippen molar-refractivity contribution in [2.45, 2.75) is 87.1 Å². The van der Waals surface area contributed by atoms with Crippen LogP contribution in [0.5, 0.6) is 0 Å². The Morgan fingerprint density at radius 2 is 1.86 bits per heavy atom. The summed E-state index contributed by atoms with van der Waals surface area (Å²) < 4.78 is 45.1. The van der Waals surface area contributed by atoms with Gasteiger partial charge in [0, 0.05) is 36.5 Å². The van der Waals surface area contributed by atoms with Gasteiger partial charge in [-0.1, -0.05) is 6.42 Å². The lowest BCUT2D eigenvalue weighted by Crippen LogP contribution is -2.53. The minimum Gasteiger partial charge on any atom is -0.465 e. The molecule has 0 spiro atoms. The summed E-state index contributed by atoms with van der Waals surface area (Å²) in [5.41, 5.74) is -0.861. The summed E-state index contributed by atoms with van der Waals surface area (Å²) in [4.78, 5) is 33.1. The predicted octanol–water partition coefficient (Wildman–Crippen LogP) is 6.20. The van der Waals surface area contributed by atoms with Crippen molar-refractivity contribution >= 4 is 29.6 Å². The molecule has 2 aromatic heterocycles. The monoisotopic (exact) mass is 614 g/mol. The van der Waals surface area contributed by atoms with E-state index in [9.17, 15) is 27.9 Å². The van der Waals surface area contributed by atoms with Crippen LogP contribution in [0.25, 0.3) is 0 Å². The molecular weight excluding hydrogens is 581 g/mol. The number of amides is 2. The minimum absolute atomic E-state index is 0.0655. The summed E-state index contributed by atoms with van der Waals surface area (Å²) in [5.74, 6) is 0.560. The van der Waals surface area contributed by atoms with Gasteiger partial charge >= 0.3 is 12.3 Å². The molecule has 3 heterocycles. The van der Waals surface area contributed by atoms with Crippen LogP contribution >= 0.6 is 11.8 Å². The van der Waals surface area contributed by atoms with E-state index in [4.69, 9.17) is 0 Å². The molecule has 9 nitrogen and oxygen atoms in total. The zero-order chi connectivity index (χ0) is 30.7. The molecule has 1 aliphatic heterocycles. The molecule has 0 bridgehead atoms. The number of rotatable bonds is 8. The number of benzene rings is 1. The van der Waals surface area contributed by atoms with Gasteiger partial charge in [0.2, 0.25) is 0 Å². The Balaban J connectivity index is 1.37. The molecule has 0 saturated heterocycles. The molecule has 3 aliphatic rings. The molecule has 2 fully saturated rings. The summed E-state index contributed by atoms with van der Waals surface area (Å²) in [5, 5.41) is 18.8. The zero-order valence-electron chi connectivity index (χ0n) is 24.2. The number of carboxylic acid groups (broad SMARTS) is 1. The fraction of sp³-hybridized carbons (Fsp3) is 0.500. The highest BCUT2D eigenvalue weighted by Crippen LogP contribution is 2.48. The molecule has 1 aromatic carbocycles. The number of pyridine rings is 1. The quantitative estimate of drug-likeness (QED) is 0.302. The lowest BCUT2D eigenvalue weighted by Gasteiger charge is -2.46. The second-order valence-electron chi connectivity index (χ2n) is 12.2. The van der Waals surface area contributed by atoms with Gasteiger partial charge in [-0.05, 0) is 86.2 Å². The normalized spacial score (nSPS) is 18.7. The molecule has 0 unspecified atom stereocenters. The van der Waals surface area contributed by atoms with Crippen LogP contribution in [-0.2, 0) is 38.1 Å². The molecule has 43 heavy (non-hydrogen) atoms. The second-order valence-corrected chi connectivity index (χ2v) is 13.0. The molecular formula is C30H33F3N6O3S. The summed E-state index contributed by atoms with van der Waals surface area (Å²) in [6.45, 7) is 1.30. The zero-order valence-corrected chi connectivity index (χ0v) is 25.1. The van der Waals surface area contributed by atoms with E-state index in [1.807, 2.05) is 30.0 Å². The SMILES string of the molecule is CSc1cc(C2(Cc3nncn3C)CCC2)cc(N2Cc3c(cc(CN(C(=O)O)C4(C)CCC4)cc3C(F)(F)F)C2=O)n1. The number of carbonyl (C=O) groups is 2. The number of thioether (sulfide) groups is 1. The summed E-state index contributed by atoms with van der Waals surface area (Å²) in [6.07, 6.45) is 3.24. The average Bonchev–Trinajstić information content (AvgIpc) is 3.48. The van der Waals surface area contributed by atoms with Crippen molar-refractivity contribution in [3.8, 4) is 0 Å². The van der Waals surface area contributed by atoms with Crippen LogP contribution in [-0.4, -0.2) is 53.5 Å². The standard InChI is InChI=1S/C30H33F3N6O3S/c1-28(6-4-7-28)39(27(41)42)15-18-10-20-21(22(11-18)30(31,32)33)16-38(26(20)40)23-12-19(13-25(35-23)43-3)29(8-5-9-29)14-24-36-34-17-37(24)2/h10-13,17H,4-9,14-16H2,1-3H3,(H,41,42). The maximum atomic E-state index is 14.4. The van der Waals surface area contributed by atoms with Gasteiger partial charge in [0.15, 0.2) is 0 Å². The largest absolute Gasteiger partial charge is 0.465 e. The first-order valence-electron chi connectivity index (χ1n) is 14.3. The maximum absolute atomic E-state index is 14.4. The van der Waals surface area contributed by atoms with Crippen molar-refractivity contribution in [1.82, 2.24) is 24.6 Å². The Labute approximate surface area is 251 Å². The lowest BCUT2D eigenvalue weighted by atomic mass is 9.62. The molecule has 2 amide bonds. The first-order chi connectivity index (χ1) is 20.3. The van der Waals surface area contributed by atoms with E-state index in [2.05, 4.69) is 15.2 Å². The predicted molar refractivity (Wildman–Crippen MR) is 154 cm³/mol. The van der Waals surface area contributed by atoms with Gasteiger partial charge in [0.05, 0.1) is 17.1 Å². The number of halogens is 3. The maximum Gasteiger partial charge on any atom is 0.416 e. The number of hydrogen-bond donors (Lipinski definition) is 1. The van der Waals surface area contributed by atoms with Crippen LogP contribution < -0.4 is 4.90 Å². The van der Waals surface area contributed by atoms with E-state index in [1.54, 1.807) is 13.3 Å². The highest BCUT2D eigenvalue weighted by atomic mass is 32.2. The van der Waals surface area contributed by atoms with E-state index in [1.165, 1.54) is 27.6 Å². The third kappa shape index (κ3) is 5.15. The van der Waals surface area contributed by atoms with E-state index < -0.39 is 29.3 Å². The fourth-order valence-electron chi connectivity index (χ4n) is 6.61. The highest BCUT2D eigenvalue weighted by Gasteiger charge is 2.45. The number of alkyl halides is 3. The second kappa shape index (κ2) is 10.5. The molecule has 3 aromatic rings.